The average molecular weight is 183 g/mol. The Labute approximate surface area is 77.3 Å². The van der Waals surface area contributed by atoms with E-state index in [9.17, 15) is 4.39 Å². The Morgan fingerprint density at radius 1 is 1.46 bits per heavy atom. The van der Waals surface area contributed by atoms with E-state index in [1.807, 2.05) is 6.92 Å². The van der Waals surface area contributed by atoms with E-state index in [-0.39, 0.29) is 5.82 Å². The van der Waals surface area contributed by atoms with Crippen molar-refractivity contribution >= 4 is 0 Å². The summed E-state index contributed by atoms with van der Waals surface area (Å²) in [6, 6.07) is 6.89. The number of ether oxygens (including phenoxy) is 2. The first-order valence-electron chi connectivity index (χ1n) is 4.20. The fourth-order valence-electron chi connectivity index (χ4n) is 0.857. The van der Waals surface area contributed by atoms with Gasteiger partial charge in [-0.3, -0.25) is 0 Å². The highest BCUT2D eigenvalue weighted by molar-refractivity contribution is 5.20. The Kier molecular flexibility index (Phi) is 4.26. The lowest BCUT2D eigenvalue weighted by molar-refractivity contribution is 0.110. The van der Waals surface area contributed by atoms with Gasteiger partial charge in [-0.2, -0.15) is 0 Å². The molecule has 0 unspecified atom stereocenters. The lowest BCUT2D eigenvalue weighted by Gasteiger charge is -2.04. The molecule has 13 heavy (non-hydrogen) atoms. The number of rotatable bonds is 5. The van der Waals surface area contributed by atoms with E-state index in [4.69, 9.17) is 9.47 Å². The first kappa shape index (κ1) is 9.99. The van der Waals surface area contributed by atoms with Crippen LogP contribution in [0.5, 0.6) is 5.75 Å². The van der Waals surface area contributed by atoms with Gasteiger partial charge in [0.15, 0.2) is 0 Å². The zero-order valence-corrected chi connectivity index (χ0v) is 7.55. The molecule has 0 atom stereocenters. The number of hydrogen-bond donors (Lipinski definition) is 0. The van der Waals surface area contributed by atoms with E-state index in [2.05, 4.69) is 6.07 Å². The number of halogens is 1. The third-order valence-electron chi connectivity index (χ3n) is 1.43. The van der Waals surface area contributed by atoms with Crippen molar-refractivity contribution in [3.63, 3.8) is 0 Å². The molecule has 0 heterocycles. The van der Waals surface area contributed by atoms with Crippen molar-refractivity contribution in [1.82, 2.24) is 0 Å². The Hall–Kier alpha value is -1.09. The first-order valence-corrected chi connectivity index (χ1v) is 4.20. The molecule has 0 fully saturated rings. The number of benzene rings is 1. The standard InChI is InChI=1S/C10H12FO2/c1-2-12-6-7-13-10-5-3-4-9(11)8-10/h3-4,8H,2,6-7H2,1H3. The molecular weight excluding hydrogens is 171 g/mol. The largest absolute Gasteiger partial charge is 0.490 e. The second kappa shape index (κ2) is 5.54. The molecular formula is C10H12FO2. The molecule has 0 aliphatic rings. The van der Waals surface area contributed by atoms with Crippen LogP contribution in [0.3, 0.4) is 0 Å². The summed E-state index contributed by atoms with van der Waals surface area (Å²) in [5, 5.41) is 0. The van der Waals surface area contributed by atoms with Gasteiger partial charge >= 0.3 is 0 Å². The van der Waals surface area contributed by atoms with Crippen LogP contribution in [-0.4, -0.2) is 19.8 Å². The van der Waals surface area contributed by atoms with Crippen LogP contribution in [0.4, 0.5) is 4.39 Å². The predicted molar refractivity (Wildman–Crippen MR) is 47.2 cm³/mol. The van der Waals surface area contributed by atoms with E-state index in [0.29, 0.717) is 25.6 Å². The van der Waals surface area contributed by atoms with Crippen molar-refractivity contribution < 1.29 is 13.9 Å². The highest BCUT2D eigenvalue weighted by Gasteiger charge is 1.95. The third kappa shape index (κ3) is 3.90. The molecule has 0 saturated carbocycles. The lowest BCUT2D eigenvalue weighted by Crippen LogP contribution is -2.06. The molecule has 2 nitrogen and oxygen atoms in total. The average Bonchev–Trinajstić information content (AvgIpc) is 2.13. The van der Waals surface area contributed by atoms with Gasteiger partial charge in [0.2, 0.25) is 0 Å². The quantitative estimate of drug-likeness (QED) is 0.650. The summed E-state index contributed by atoms with van der Waals surface area (Å²) < 4.78 is 22.8. The van der Waals surface area contributed by atoms with Crippen molar-refractivity contribution in [1.29, 1.82) is 0 Å². The summed E-state index contributed by atoms with van der Waals surface area (Å²) in [6.07, 6.45) is 0. The SMILES string of the molecule is CCOCCOc1[c]ccc(F)c1. The fraction of sp³-hybridized carbons (Fsp3) is 0.400. The molecule has 0 aliphatic carbocycles. The van der Waals surface area contributed by atoms with Crippen molar-refractivity contribution in [2.24, 2.45) is 0 Å². The molecule has 71 valence electrons. The Morgan fingerprint density at radius 2 is 2.31 bits per heavy atom. The van der Waals surface area contributed by atoms with Crippen LogP contribution in [0.15, 0.2) is 18.2 Å². The molecule has 0 spiro atoms. The van der Waals surface area contributed by atoms with Gasteiger partial charge in [-0.05, 0) is 19.1 Å². The van der Waals surface area contributed by atoms with Crippen molar-refractivity contribution in [2.45, 2.75) is 6.92 Å². The number of hydrogen-bond acceptors (Lipinski definition) is 2. The fourth-order valence-corrected chi connectivity index (χ4v) is 0.857. The maximum Gasteiger partial charge on any atom is 0.130 e. The van der Waals surface area contributed by atoms with E-state index in [0.717, 1.165) is 0 Å². The highest BCUT2D eigenvalue weighted by Crippen LogP contribution is 2.10. The normalized spacial score (nSPS) is 10.0. The zero-order chi connectivity index (χ0) is 9.52. The van der Waals surface area contributed by atoms with E-state index >= 15 is 0 Å². The van der Waals surface area contributed by atoms with Crippen LogP contribution in [0.2, 0.25) is 0 Å². The van der Waals surface area contributed by atoms with Crippen molar-refractivity contribution in [3.05, 3.63) is 30.1 Å². The molecule has 0 aromatic heterocycles. The van der Waals surface area contributed by atoms with E-state index in [1.165, 1.54) is 18.2 Å². The summed E-state index contributed by atoms with van der Waals surface area (Å²) in [5.74, 6) is 0.102. The van der Waals surface area contributed by atoms with E-state index in [1.54, 1.807) is 0 Å². The third-order valence-corrected chi connectivity index (χ3v) is 1.43. The second-order valence-electron chi connectivity index (χ2n) is 2.42. The molecule has 0 N–H and O–H groups in total. The molecule has 1 aromatic carbocycles. The van der Waals surface area contributed by atoms with Gasteiger partial charge in [-0.25, -0.2) is 4.39 Å². The molecule has 3 heteroatoms. The van der Waals surface area contributed by atoms with Gasteiger partial charge in [0.1, 0.15) is 18.2 Å². The van der Waals surface area contributed by atoms with Crippen LogP contribution in [0.1, 0.15) is 6.92 Å². The van der Waals surface area contributed by atoms with Gasteiger partial charge < -0.3 is 9.47 Å². The minimum absolute atomic E-state index is 0.315. The monoisotopic (exact) mass is 183 g/mol. The Morgan fingerprint density at radius 3 is 3.00 bits per heavy atom. The molecule has 0 saturated heterocycles. The minimum Gasteiger partial charge on any atom is -0.490 e. The summed E-state index contributed by atoms with van der Waals surface area (Å²) in [6.45, 7) is 3.51. The van der Waals surface area contributed by atoms with Crippen molar-refractivity contribution in [3.8, 4) is 5.75 Å². The Balaban J connectivity index is 2.28. The van der Waals surface area contributed by atoms with Gasteiger partial charge in [-0.15, -0.1) is 0 Å². The summed E-state index contributed by atoms with van der Waals surface area (Å²) >= 11 is 0. The van der Waals surface area contributed by atoms with Crippen LogP contribution in [0.25, 0.3) is 0 Å². The zero-order valence-electron chi connectivity index (χ0n) is 7.55. The van der Waals surface area contributed by atoms with Crippen LogP contribution >= 0.6 is 0 Å². The first-order chi connectivity index (χ1) is 6.33. The lowest BCUT2D eigenvalue weighted by atomic mass is 10.3. The maximum atomic E-state index is 12.6. The van der Waals surface area contributed by atoms with Gasteiger partial charge in [-0.1, -0.05) is 0 Å². The molecule has 0 bridgehead atoms. The van der Waals surface area contributed by atoms with Crippen molar-refractivity contribution in [2.75, 3.05) is 19.8 Å². The molecule has 1 radical (unpaired) electrons. The smallest absolute Gasteiger partial charge is 0.130 e. The summed E-state index contributed by atoms with van der Waals surface area (Å²) in [5.41, 5.74) is 0. The molecule has 0 aliphatic heterocycles. The molecule has 0 amide bonds. The Bertz CT molecular complexity index is 250. The predicted octanol–water partition coefficient (Wildman–Crippen LogP) is 2.04. The maximum absolute atomic E-state index is 12.6. The summed E-state index contributed by atoms with van der Waals surface area (Å²) in [7, 11) is 0. The van der Waals surface area contributed by atoms with Crippen LogP contribution in [-0.2, 0) is 4.74 Å². The highest BCUT2D eigenvalue weighted by atomic mass is 19.1. The van der Waals surface area contributed by atoms with Gasteiger partial charge in [0.25, 0.3) is 0 Å². The topological polar surface area (TPSA) is 18.5 Å². The van der Waals surface area contributed by atoms with E-state index < -0.39 is 0 Å². The van der Waals surface area contributed by atoms with Crippen LogP contribution < -0.4 is 4.74 Å². The molecule has 1 aromatic rings. The minimum atomic E-state index is -0.315. The summed E-state index contributed by atoms with van der Waals surface area (Å²) in [4.78, 5) is 0. The van der Waals surface area contributed by atoms with Gasteiger partial charge in [0.05, 0.1) is 6.61 Å². The second-order valence-corrected chi connectivity index (χ2v) is 2.42. The molecule has 1 rings (SSSR count). The van der Waals surface area contributed by atoms with Gasteiger partial charge in [0, 0.05) is 18.7 Å². The van der Waals surface area contributed by atoms with Crippen LogP contribution in [0, 0.1) is 11.9 Å².